The Morgan fingerprint density at radius 3 is 1.62 bits per heavy atom. The molecule has 82 valence electrons. The topological polar surface area (TPSA) is 34.1 Å². The van der Waals surface area contributed by atoms with E-state index in [0.29, 0.717) is 0 Å². The maximum atomic E-state index is 10.3. The van der Waals surface area contributed by atoms with Crippen LogP contribution >= 0.6 is 0 Å². The fourth-order valence-electron chi connectivity index (χ4n) is 1.02. The van der Waals surface area contributed by atoms with Crippen molar-refractivity contribution in [1.82, 2.24) is 0 Å². The van der Waals surface area contributed by atoms with Crippen LogP contribution in [-0.2, 0) is 7.48 Å². The molecule has 2 rings (SSSR count). The van der Waals surface area contributed by atoms with E-state index in [9.17, 15) is 7.48 Å². The van der Waals surface area contributed by atoms with Crippen LogP contribution in [0.5, 0.6) is 0 Å². The molecule has 0 heterocycles. The van der Waals surface area contributed by atoms with Gasteiger partial charge in [-0.25, -0.2) is 0 Å². The van der Waals surface area contributed by atoms with E-state index in [0.717, 1.165) is 8.70 Å². The zero-order valence-electron chi connectivity index (χ0n) is 8.61. The first-order chi connectivity index (χ1) is 7.86. The minimum atomic E-state index is -1.29. The van der Waals surface area contributed by atoms with Gasteiger partial charge >= 0.3 is 108 Å². The average Bonchev–Trinajstić information content (AvgIpc) is 2.41. The molecule has 1 unspecified atom stereocenters. The number of hydrogen-bond donors (Lipinski definition) is 0. The Balaban J connectivity index is 0.000000160. The Morgan fingerprint density at radius 2 is 1.31 bits per heavy atom. The molecule has 0 saturated carbocycles. The zero-order valence-corrected chi connectivity index (χ0v) is 12.9. The molecule has 0 fully saturated rings. The summed E-state index contributed by atoms with van der Waals surface area (Å²) in [6.07, 6.45) is 0. The molecule has 0 N–H and O–H groups in total. The predicted molar refractivity (Wildman–Crippen MR) is 67.8 cm³/mol. The van der Waals surface area contributed by atoms with Crippen LogP contribution in [0.2, 0.25) is 0 Å². The third-order valence-electron chi connectivity index (χ3n) is 1.80. The summed E-state index contributed by atoms with van der Waals surface area (Å²) in [5.41, 5.74) is 0. The molecule has 0 amide bonds. The molecule has 1 atom stereocenters. The van der Waals surface area contributed by atoms with Crippen molar-refractivity contribution < 1.29 is 7.48 Å². The molecule has 0 aliphatic heterocycles. The number of hydrogen-bond acceptors (Lipinski definition) is 2. The van der Waals surface area contributed by atoms with E-state index in [2.05, 4.69) is 0 Å². The van der Waals surface area contributed by atoms with Crippen LogP contribution in [0.25, 0.3) is 0 Å². The first-order valence-electron chi connectivity index (χ1n) is 4.75. The van der Waals surface area contributed by atoms with Crippen LogP contribution in [0.3, 0.4) is 0 Å². The Kier molecular flexibility index (Phi) is 6.88. The molecular weight excluding hydrogens is 326 g/mol. The summed E-state index contributed by atoms with van der Waals surface area (Å²) < 4.78 is 22.5. The summed E-state index contributed by atoms with van der Waals surface area (Å²) in [5, 5.41) is 0. The van der Waals surface area contributed by atoms with Crippen molar-refractivity contribution in [2.24, 2.45) is 0 Å². The van der Waals surface area contributed by atoms with Gasteiger partial charge in [0, 0.05) is 0 Å². The Labute approximate surface area is 108 Å². The van der Waals surface area contributed by atoms with Crippen molar-refractivity contribution in [3.8, 4) is 0 Å². The fraction of sp³-hybridized carbons (Fsp3) is 0. The van der Waals surface area contributed by atoms with Gasteiger partial charge in [0.15, 0.2) is 0 Å². The van der Waals surface area contributed by atoms with Crippen molar-refractivity contribution in [3.05, 3.63) is 60.7 Å². The van der Waals surface area contributed by atoms with Crippen molar-refractivity contribution in [2.45, 2.75) is 0 Å². The Hall–Kier alpha value is -0.843. The second-order valence-corrected chi connectivity index (χ2v) is 6.32. The van der Waals surface area contributed by atoms with E-state index in [4.69, 9.17) is 0 Å². The normalized spacial score (nSPS) is 10.0. The monoisotopic (exact) mass is 338 g/mol. The summed E-state index contributed by atoms with van der Waals surface area (Å²) in [6, 6.07) is 19.0. The third kappa shape index (κ3) is 5.30. The molecule has 0 aliphatic carbocycles. The summed E-state index contributed by atoms with van der Waals surface area (Å²) >= 11 is -2.11. The molecule has 0 radical (unpaired) electrons. The molecule has 2 aromatic rings. The van der Waals surface area contributed by atoms with Crippen LogP contribution in [0, 0.1) is 0 Å². The van der Waals surface area contributed by atoms with E-state index in [1.54, 1.807) is 0 Å². The van der Waals surface area contributed by atoms with Gasteiger partial charge < -0.3 is 0 Å². The van der Waals surface area contributed by atoms with E-state index in [1.807, 2.05) is 60.7 Å². The van der Waals surface area contributed by atoms with Crippen LogP contribution < -0.4 is 8.70 Å². The van der Waals surface area contributed by atoms with Crippen LogP contribution in [-0.4, -0.2) is 31.4 Å². The molecule has 16 heavy (non-hydrogen) atoms. The van der Waals surface area contributed by atoms with Crippen molar-refractivity contribution >= 4 is 40.1 Å². The van der Waals surface area contributed by atoms with Crippen LogP contribution in [0.15, 0.2) is 60.7 Å². The second-order valence-electron chi connectivity index (χ2n) is 2.96. The van der Waals surface area contributed by atoms with E-state index in [-0.39, 0.29) is 0 Å². The van der Waals surface area contributed by atoms with E-state index in [1.165, 1.54) is 0 Å². The van der Waals surface area contributed by atoms with Gasteiger partial charge in [-0.3, -0.25) is 0 Å². The molecule has 0 spiro atoms. The quantitative estimate of drug-likeness (QED) is 0.733. The summed E-state index contributed by atoms with van der Waals surface area (Å²) in [4.78, 5) is 0. The Bertz CT molecular complexity index is 386. The van der Waals surface area contributed by atoms with Crippen molar-refractivity contribution in [2.75, 3.05) is 0 Å². The molecule has 2 nitrogen and oxygen atoms in total. The molecule has 0 aromatic heterocycles. The van der Waals surface area contributed by atoms with Gasteiger partial charge in [0.25, 0.3) is 0 Å². The summed E-state index contributed by atoms with van der Waals surface area (Å²) in [6.45, 7) is 0. The van der Waals surface area contributed by atoms with E-state index < -0.39 is 31.4 Å². The number of benzene rings is 2. The van der Waals surface area contributed by atoms with Gasteiger partial charge in [-0.15, -0.1) is 0 Å². The third-order valence-corrected chi connectivity index (χ3v) is 4.24. The summed E-state index contributed by atoms with van der Waals surface area (Å²) in [7, 11) is 0. The summed E-state index contributed by atoms with van der Waals surface area (Å²) in [5.74, 6) is 0. The molecule has 0 aliphatic rings. The zero-order chi connectivity index (χ0) is 11.6. The van der Waals surface area contributed by atoms with Crippen molar-refractivity contribution in [3.63, 3.8) is 0 Å². The minimum absolute atomic E-state index is 0.818. The second kappa shape index (κ2) is 8.33. The van der Waals surface area contributed by atoms with Crippen LogP contribution in [0.1, 0.15) is 0 Å². The van der Waals surface area contributed by atoms with Gasteiger partial charge in [0.2, 0.25) is 0 Å². The molecule has 0 saturated heterocycles. The average molecular weight is 338 g/mol. The SMILES string of the molecule is O=[AsH2]c1ccccc1.O=[As]c1ccccc1. The standard InChI is InChI=1S/C6H7AsO.C6H5AsO/c2*8-7-6-4-2-1-3-5-6/h1-5H,7H2;1-5H. The molecule has 0 bridgehead atoms. The van der Waals surface area contributed by atoms with Gasteiger partial charge in [-0.1, -0.05) is 0 Å². The maximum absolute atomic E-state index is 10.3. The predicted octanol–water partition coefficient (Wildman–Crippen LogP) is 0.188. The first kappa shape index (κ1) is 13.2. The molecule has 4 heteroatoms. The van der Waals surface area contributed by atoms with Gasteiger partial charge in [0.1, 0.15) is 0 Å². The van der Waals surface area contributed by atoms with Crippen LogP contribution in [0.4, 0.5) is 0 Å². The van der Waals surface area contributed by atoms with Gasteiger partial charge in [-0.05, 0) is 0 Å². The molecule has 2 aromatic carbocycles. The first-order valence-corrected chi connectivity index (χ1v) is 8.66. The molecular formula is C12H12As2O2. The number of rotatable bonds is 2. The van der Waals surface area contributed by atoms with Gasteiger partial charge in [-0.2, -0.15) is 0 Å². The Morgan fingerprint density at radius 1 is 0.812 bits per heavy atom. The van der Waals surface area contributed by atoms with Gasteiger partial charge in [0.05, 0.1) is 0 Å². The fourth-order valence-corrected chi connectivity index (χ4v) is 2.43. The van der Waals surface area contributed by atoms with E-state index >= 15 is 0 Å². The van der Waals surface area contributed by atoms with Crippen molar-refractivity contribution in [1.29, 1.82) is 0 Å².